The van der Waals surface area contributed by atoms with Gasteiger partial charge in [0.25, 0.3) is 0 Å². The minimum atomic E-state index is 1.23. The molecule has 1 aromatic rings. The number of nitrogens with zero attached hydrogens (tertiary/aromatic N) is 1. The molecule has 0 N–H and O–H groups in total. The Bertz CT molecular complexity index is 322. The molecule has 1 heteroatoms. The molecular weight excluding hydrogens is 254 g/mol. The molecule has 0 bridgehead atoms. The molecule has 1 nitrogen and oxygen atoms in total. The van der Waals surface area contributed by atoms with Crippen LogP contribution in [-0.2, 0) is 6.42 Å². The van der Waals surface area contributed by atoms with Gasteiger partial charge < -0.3 is 4.48 Å². The van der Waals surface area contributed by atoms with Gasteiger partial charge in [0.2, 0.25) is 0 Å². The quantitative estimate of drug-likeness (QED) is 0.449. The van der Waals surface area contributed by atoms with Gasteiger partial charge in [-0.1, -0.05) is 70.4 Å². The first kappa shape index (κ1) is 18.2. The van der Waals surface area contributed by atoms with Gasteiger partial charge in [-0.05, 0) is 24.8 Å². The average molecular weight is 291 g/mol. The molecule has 0 fully saturated rings. The Morgan fingerprint density at radius 1 is 0.667 bits per heavy atom. The molecule has 0 spiro atoms. The van der Waals surface area contributed by atoms with Gasteiger partial charge in [0, 0.05) is 6.42 Å². The zero-order chi connectivity index (χ0) is 15.4. The van der Waals surface area contributed by atoms with Crippen LogP contribution in [0.25, 0.3) is 0 Å². The zero-order valence-electron chi connectivity index (χ0n) is 14.6. The van der Waals surface area contributed by atoms with Crippen molar-refractivity contribution in [1.82, 2.24) is 0 Å². The maximum absolute atomic E-state index is 2.32. The molecule has 0 aliphatic carbocycles. The molecule has 0 saturated heterocycles. The molecule has 0 aliphatic heterocycles. The third-order valence-electron chi connectivity index (χ3n) is 4.68. The van der Waals surface area contributed by atoms with Gasteiger partial charge in [-0.25, -0.2) is 0 Å². The summed E-state index contributed by atoms with van der Waals surface area (Å²) in [6, 6.07) is 11.0. The number of hydrogen-bond donors (Lipinski definition) is 0. The van der Waals surface area contributed by atoms with Crippen LogP contribution in [0.4, 0.5) is 0 Å². The number of quaternary nitrogens is 1. The number of hydrogen-bond acceptors (Lipinski definition) is 0. The highest BCUT2D eigenvalue weighted by atomic mass is 15.3. The van der Waals surface area contributed by atoms with E-state index in [1.807, 2.05) is 0 Å². The largest absolute Gasteiger partial charge is 0.323 e. The predicted octanol–water partition coefficient (Wildman–Crippen LogP) is 5.45. The topological polar surface area (TPSA) is 0 Å². The van der Waals surface area contributed by atoms with Crippen LogP contribution >= 0.6 is 0 Å². The molecule has 0 atom stereocenters. The Balaban J connectivity index is 2.69. The van der Waals surface area contributed by atoms with Gasteiger partial charge in [-0.2, -0.15) is 0 Å². The molecule has 0 radical (unpaired) electrons. The molecule has 0 amide bonds. The van der Waals surface area contributed by atoms with Crippen LogP contribution in [0, 0.1) is 0 Å². The summed E-state index contributed by atoms with van der Waals surface area (Å²) in [5, 5.41) is 0. The molecule has 0 saturated carbocycles. The van der Waals surface area contributed by atoms with Crippen molar-refractivity contribution in [3.05, 3.63) is 35.9 Å². The van der Waals surface area contributed by atoms with Gasteiger partial charge >= 0.3 is 0 Å². The molecule has 1 rings (SSSR count). The van der Waals surface area contributed by atoms with E-state index in [4.69, 9.17) is 0 Å². The van der Waals surface area contributed by atoms with Crippen LogP contribution in [0.15, 0.2) is 30.3 Å². The van der Waals surface area contributed by atoms with Crippen molar-refractivity contribution in [1.29, 1.82) is 0 Å². The highest BCUT2D eigenvalue weighted by Crippen LogP contribution is 2.16. The number of benzene rings is 1. The molecular formula is C20H36N+. The van der Waals surface area contributed by atoms with Crippen molar-refractivity contribution in [2.75, 3.05) is 26.2 Å². The first-order valence-electron chi connectivity index (χ1n) is 9.15. The number of rotatable bonds is 12. The molecule has 21 heavy (non-hydrogen) atoms. The van der Waals surface area contributed by atoms with E-state index >= 15 is 0 Å². The highest BCUT2D eigenvalue weighted by molar-refractivity contribution is 5.14. The average Bonchev–Trinajstić information content (AvgIpc) is 2.54. The summed E-state index contributed by atoms with van der Waals surface area (Å²) in [7, 11) is 0. The van der Waals surface area contributed by atoms with Crippen molar-refractivity contribution in [2.45, 2.75) is 65.7 Å². The molecule has 0 aromatic heterocycles. The zero-order valence-corrected chi connectivity index (χ0v) is 14.6. The Kier molecular flexibility index (Phi) is 9.41. The summed E-state index contributed by atoms with van der Waals surface area (Å²) < 4.78 is 1.35. The van der Waals surface area contributed by atoms with E-state index in [-0.39, 0.29) is 0 Å². The van der Waals surface area contributed by atoms with Crippen molar-refractivity contribution >= 4 is 0 Å². The summed E-state index contributed by atoms with van der Waals surface area (Å²) >= 11 is 0. The molecule has 120 valence electrons. The van der Waals surface area contributed by atoms with Crippen LogP contribution in [0.1, 0.15) is 64.9 Å². The van der Waals surface area contributed by atoms with Crippen LogP contribution < -0.4 is 0 Å². The maximum Gasteiger partial charge on any atom is 0.0827 e. The summed E-state index contributed by atoms with van der Waals surface area (Å²) in [6.07, 6.45) is 9.33. The van der Waals surface area contributed by atoms with Gasteiger partial charge in [0.1, 0.15) is 0 Å². The minimum Gasteiger partial charge on any atom is -0.323 e. The molecule has 1 aromatic carbocycles. The molecule has 0 unspecified atom stereocenters. The van der Waals surface area contributed by atoms with Crippen LogP contribution in [0.5, 0.6) is 0 Å². The first-order valence-corrected chi connectivity index (χ1v) is 9.15. The normalized spacial score (nSPS) is 11.8. The lowest BCUT2D eigenvalue weighted by Gasteiger charge is -2.39. The molecule has 0 aliphatic rings. The second-order valence-corrected chi connectivity index (χ2v) is 6.53. The second kappa shape index (κ2) is 10.8. The lowest BCUT2D eigenvalue weighted by molar-refractivity contribution is -0.928. The predicted molar refractivity (Wildman–Crippen MR) is 94.6 cm³/mol. The van der Waals surface area contributed by atoms with Gasteiger partial charge in [-0.15, -0.1) is 0 Å². The fourth-order valence-electron chi connectivity index (χ4n) is 3.16. The Morgan fingerprint density at radius 3 is 1.57 bits per heavy atom. The standard InChI is InChI=1S/C20H36N/c1-4-7-16-21(17-8-5-2,18-9-6-3)19-15-20-13-11-10-12-14-20/h10-14H,4-9,15-19H2,1-3H3/q+1. The molecule has 0 heterocycles. The Morgan fingerprint density at radius 2 is 1.14 bits per heavy atom. The minimum absolute atomic E-state index is 1.23. The van der Waals surface area contributed by atoms with E-state index in [2.05, 4.69) is 51.1 Å². The fourth-order valence-corrected chi connectivity index (χ4v) is 3.16. The van der Waals surface area contributed by atoms with Gasteiger partial charge in [0.15, 0.2) is 0 Å². The maximum atomic E-state index is 2.32. The van der Waals surface area contributed by atoms with Crippen LogP contribution in [-0.4, -0.2) is 30.7 Å². The van der Waals surface area contributed by atoms with Gasteiger partial charge in [-0.3, -0.25) is 0 Å². The third kappa shape index (κ3) is 7.13. The van der Waals surface area contributed by atoms with E-state index < -0.39 is 0 Å². The van der Waals surface area contributed by atoms with Crippen molar-refractivity contribution in [3.63, 3.8) is 0 Å². The van der Waals surface area contributed by atoms with E-state index in [0.717, 1.165) is 0 Å². The van der Waals surface area contributed by atoms with Crippen LogP contribution in [0.3, 0.4) is 0 Å². The van der Waals surface area contributed by atoms with Crippen molar-refractivity contribution in [2.24, 2.45) is 0 Å². The van der Waals surface area contributed by atoms with Crippen molar-refractivity contribution in [3.8, 4) is 0 Å². The summed E-state index contributed by atoms with van der Waals surface area (Å²) in [4.78, 5) is 0. The third-order valence-corrected chi connectivity index (χ3v) is 4.68. The lowest BCUT2D eigenvalue weighted by Crippen LogP contribution is -2.51. The Labute approximate surface area is 133 Å². The second-order valence-electron chi connectivity index (χ2n) is 6.53. The lowest BCUT2D eigenvalue weighted by atomic mass is 10.1. The summed E-state index contributed by atoms with van der Waals surface area (Å²) in [6.45, 7) is 12.4. The SMILES string of the molecule is CCCC[N+](CCCC)(CCCC)CCc1ccccc1. The summed E-state index contributed by atoms with van der Waals surface area (Å²) in [5.74, 6) is 0. The van der Waals surface area contributed by atoms with Crippen molar-refractivity contribution < 1.29 is 4.48 Å². The van der Waals surface area contributed by atoms with E-state index in [0.29, 0.717) is 0 Å². The number of unbranched alkanes of at least 4 members (excludes halogenated alkanes) is 3. The van der Waals surface area contributed by atoms with Crippen LogP contribution in [0.2, 0.25) is 0 Å². The fraction of sp³-hybridized carbons (Fsp3) is 0.700. The first-order chi connectivity index (χ1) is 10.3. The highest BCUT2D eigenvalue weighted by Gasteiger charge is 2.25. The summed E-state index contributed by atoms with van der Waals surface area (Å²) in [5.41, 5.74) is 1.50. The monoisotopic (exact) mass is 290 g/mol. The Hall–Kier alpha value is -0.820. The van der Waals surface area contributed by atoms with E-state index in [1.165, 1.54) is 81.2 Å². The van der Waals surface area contributed by atoms with E-state index in [1.54, 1.807) is 0 Å². The smallest absolute Gasteiger partial charge is 0.0827 e. The van der Waals surface area contributed by atoms with E-state index in [9.17, 15) is 0 Å². The van der Waals surface area contributed by atoms with Gasteiger partial charge in [0.05, 0.1) is 26.2 Å².